The summed E-state index contributed by atoms with van der Waals surface area (Å²) in [6.07, 6.45) is 14.5. The van der Waals surface area contributed by atoms with Crippen LogP contribution in [-0.2, 0) is 5.41 Å². The first-order valence-corrected chi connectivity index (χ1v) is 17.3. The zero-order chi connectivity index (χ0) is 34.6. The van der Waals surface area contributed by atoms with Crippen molar-refractivity contribution in [2.75, 3.05) is 0 Å². The highest BCUT2D eigenvalue weighted by molar-refractivity contribution is 7.26. The number of hydrogen-bond acceptors (Lipinski definition) is 6. The van der Waals surface area contributed by atoms with Gasteiger partial charge in [-0.15, -0.1) is 11.3 Å². The lowest BCUT2D eigenvalue weighted by Gasteiger charge is -2.22. The van der Waals surface area contributed by atoms with Gasteiger partial charge in [-0.1, -0.05) is 125 Å². The summed E-state index contributed by atoms with van der Waals surface area (Å²) in [7, 11) is 0. The van der Waals surface area contributed by atoms with Gasteiger partial charge in [0.2, 0.25) is 0 Å². The Kier molecular flexibility index (Phi) is 7.61. The van der Waals surface area contributed by atoms with Crippen molar-refractivity contribution < 1.29 is 4.42 Å². The van der Waals surface area contributed by atoms with Gasteiger partial charge >= 0.3 is 0 Å². The lowest BCUT2D eigenvalue weighted by atomic mass is 9.81. The van der Waals surface area contributed by atoms with Crippen molar-refractivity contribution in [3.05, 3.63) is 158 Å². The van der Waals surface area contributed by atoms with E-state index in [-0.39, 0.29) is 5.41 Å². The second-order valence-corrected chi connectivity index (χ2v) is 13.8. The van der Waals surface area contributed by atoms with E-state index in [0.29, 0.717) is 17.5 Å². The van der Waals surface area contributed by atoms with Gasteiger partial charge in [0.05, 0.1) is 0 Å². The minimum Gasteiger partial charge on any atom is -0.443 e. The highest BCUT2D eigenvalue weighted by Crippen LogP contribution is 2.53. The number of benzene rings is 4. The van der Waals surface area contributed by atoms with Gasteiger partial charge in [-0.2, -0.15) is 0 Å². The van der Waals surface area contributed by atoms with Crippen LogP contribution in [0.3, 0.4) is 0 Å². The van der Waals surface area contributed by atoms with E-state index in [4.69, 9.17) is 19.4 Å². The van der Waals surface area contributed by atoms with E-state index in [1.54, 1.807) is 29.6 Å². The molecular formula is C44H34N4OS. The average Bonchev–Trinajstić information content (AvgIpc) is 3.83. The third-order valence-corrected chi connectivity index (χ3v) is 10.8. The molecule has 0 N–H and O–H groups in total. The van der Waals surface area contributed by atoms with Gasteiger partial charge in [0.1, 0.15) is 5.52 Å². The summed E-state index contributed by atoms with van der Waals surface area (Å²) in [4.78, 5) is 19.3. The Bertz CT molecular complexity index is 2650. The molecule has 0 fully saturated rings. The summed E-state index contributed by atoms with van der Waals surface area (Å²) in [5, 5.41) is 2.36. The van der Waals surface area contributed by atoms with E-state index < -0.39 is 0 Å². The van der Waals surface area contributed by atoms with Crippen LogP contribution < -0.4 is 0 Å². The summed E-state index contributed by atoms with van der Waals surface area (Å²) in [5.41, 5.74) is 11.4. The van der Waals surface area contributed by atoms with Crippen LogP contribution in [0.15, 0.2) is 140 Å². The third kappa shape index (κ3) is 4.83. The first-order chi connectivity index (χ1) is 24.4. The molecule has 0 unspecified atom stereocenters. The van der Waals surface area contributed by atoms with Gasteiger partial charge in [0.15, 0.2) is 29.4 Å². The largest absolute Gasteiger partial charge is 0.443 e. The maximum Gasteiger partial charge on any atom is 0.182 e. The first-order valence-electron chi connectivity index (χ1n) is 16.5. The quantitative estimate of drug-likeness (QED) is 0.151. The standard InChI is InChI=1S/C44H34N4OS/c1-7-13-26(10-4)41-46-42(27(14-8-2)15-9-3)48-43(47-41)33-19-12-18-31-30-17-11-16-29(39(30)50-40(31)33)28-20-21-32-35(24-28)44(5,6)34-22-23-36-38(37(32)34)49-25-45-36/h7-25H,1-2,4H2,3,5-6H3/b15-9-,26-13+,27-14+. The Balaban J connectivity index is 1.32. The van der Waals surface area contributed by atoms with Gasteiger partial charge in [-0.3, -0.25) is 0 Å². The number of hydrogen-bond donors (Lipinski definition) is 0. The number of nitrogens with zero attached hydrogens (tertiary/aromatic N) is 4. The molecule has 4 aromatic carbocycles. The highest BCUT2D eigenvalue weighted by Gasteiger charge is 2.38. The molecule has 0 aliphatic heterocycles. The van der Waals surface area contributed by atoms with E-state index >= 15 is 0 Å². The summed E-state index contributed by atoms with van der Waals surface area (Å²) in [5.74, 6) is 1.68. The van der Waals surface area contributed by atoms with Crippen LogP contribution in [0.5, 0.6) is 0 Å². The molecule has 242 valence electrons. The number of aromatic nitrogens is 4. The van der Waals surface area contributed by atoms with Crippen LogP contribution in [0.2, 0.25) is 0 Å². The SMILES string of the molecule is C=C/C=C(\C=C)c1nc(C(/C=C\C)=C/C=C)nc(-c2cccc3c2sc2c(-c4ccc5c(c4)C(C)(C)c4ccc6ncoc6c4-5)cccc23)n1. The van der Waals surface area contributed by atoms with Crippen molar-refractivity contribution in [3.8, 4) is 33.6 Å². The zero-order valence-electron chi connectivity index (χ0n) is 28.2. The molecule has 1 aliphatic carbocycles. The molecule has 0 spiro atoms. The monoisotopic (exact) mass is 666 g/mol. The van der Waals surface area contributed by atoms with E-state index in [1.807, 2.05) is 31.2 Å². The second kappa shape index (κ2) is 12.2. The molecule has 50 heavy (non-hydrogen) atoms. The fraction of sp³-hybridized carbons (Fsp3) is 0.0909. The lowest BCUT2D eigenvalue weighted by Crippen LogP contribution is -2.14. The number of rotatable bonds is 8. The molecule has 0 amide bonds. The number of thiophene rings is 1. The summed E-state index contributed by atoms with van der Waals surface area (Å²) in [6.45, 7) is 18.4. The molecule has 5 nitrogen and oxygen atoms in total. The molecule has 0 atom stereocenters. The maximum atomic E-state index is 5.90. The van der Waals surface area contributed by atoms with Gasteiger partial charge in [0, 0.05) is 47.9 Å². The zero-order valence-corrected chi connectivity index (χ0v) is 29.0. The predicted octanol–water partition coefficient (Wildman–Crippen LogP) is 11.9. The van der Waals surface area contributed by atoms with E-state index in [1.165, 1.54) is 44.3 Å². The van der Waals surface area contributed by atoms with Crippen LogP contribution in [-0.4, -0.2) is 19.9 Å². The summed E-state index contributed by atoms with van der Waals surface area (Å²) >= 11 is 1.77. The number of allylic oxidation sites excluding steroid dienone is 9. The Morgan fingerprint density at radius 1 is 0.760 bits per heavy atom. The molecule has 0 radical (unpaired) electrons. The molecule has 7 aromatic rings. The molecule has 1 aliphatic rings. The number of fused-ring (bicyclic) bond motifs is 8. The molecule has 0 saturated heterocycles. The van der Waals surface area contributed by atoms with Crippen molar-refractivity contribution in [3.63, 3.8) is 0 Å². The fourth-order valence-electron chi connectivity index (χ4n) is 7.16. The molecule has 3 heterocycles. The van der Waals surface area contributed by atoms with Crippen LogP contribution >= 0.6 is 11.3 Å². The van der Waals surface area contributed by atoms with Gasteiger partial charge < -0.3 is 4.42 Å². The smallest absolute Gasteiger partial charge is 0.182 e. The van der Waals surface area contributed by atoms with Gasteiger partial charge in [0.25, 0.3) is 0 Å². The van der Waals surface area contributed by atoms with Crippen molar-refractivity contribution in [1.29, 1.82) is 0 Å². The molecule has 8 rings (SSSR count). The van der Waals surface area contributed by atoms with Crippen LogP contribution in [0.4, 0.5) is 0 Å². The van der Waals surface area contributed by atoms with E-state index in [9.17, 15) is 0 Å². The number of oxazole rings is 1. The van der Waals surface area contributed by atoms with Crippen molar-refractivity contribution in [2.45, 2.75) is 26.2 Å². The van der Waals surface area contributed by atoms with E-state index in [0.717, 1.165) is 43.5 Å². The van der Waals surface area contributed by atoms with Crippen LogP contribution in [0.25, 0.3) is 76.1 Å². The average molecular weight is 667 g/mol. The second-order valence-electron chi connectivity index (χ2n) is 12.8. The van der Waals surface area contributed by atoms with Crippen molar-refractivity contribution >= 4 is 53.8 Å². The third-order valence-electron chi connectivity index (χ3n) is 9.52. The fourth-order valence-corrected chi connectivity index (χ4v) is 8.50. The molecule has 0 bridgehead atoms. The summed E-state index contributed by atoms with van der Waals surface area (Å²) < 4.78 is 8.24. The molecular weight excluding hydrogens is 633 g/mol. The summed E-state index contributed by atoms with van der Waals surface area (Å²) in [6, 6.07) is 24.1. The Labute approximate surface area is 295 Å². The molecule has 3 aromatic heterocycles. The topological polar surface area (TPSA) is 64.7 Å². The molecule has 0 saturated carbocycles. The van der Waals surface area contributed by atoms with Crippen LogP contribution in [0.1, 0.15) is 43.5 Å². The lowest BCUT2D eigenvalue weighted by molar-refractivity contribution is 0.601. The Morgan fingerprint density at radius 3 is 2.18 bits per heavy atom. The van der Waals surface area contributed by atoms with Crippen molar-refractivity contribution in [2.24, 2.45) is 0 Å². The predicted molar refractivity (Wildman–Crippen MR) is 210 cm³/mol. The van der Waals surface area contributed by atoms with Crippen LogP contribution in [0, 0.1) is 0 Å². The normalized spacial score (nSPS) is 14.1. The van der Waals surface area contributed by atoms with Crippen molar-refractivity contribution in [1.82, 2.24) is 19.9 Å². The Morgan fingerprint density at radius 2 is 1.46 bits per heavy atom. The van der Waals surface area contributed by atoms with Gasteiger partial charge in [-0.25, -0.2) is 19.9 Å². The molecule has 6 heteroatoms. The maximum absolute atomic E-state index is 5.90. The first kappa shape index (κ1) is 31.3. The minimum atomic E-state index is -0.187. The minimum absolute atomic E-state index is 0.187. The Hall–Kier alpha value is -5.98. The highest BCUT2D eigenvalue weighted by atomic mass is 32.1. The van der Waals surface area contributed by atoms with Gasteiger partial charge in [-0.05, 0) is 52.9 Å². The van der Waals surface area contributed by atoms with E-state index in [2.05, 4.69) is 105 Å².